The maximum atomic E-state index is 8.88. The summed E-state index contributed by atoms with van der Waals surface area (Å²) in [6.45, 7) is 2.13. The van der Waals surface area contributed by atoms with Crippen LogP contribution in [0, 0.1) is 0 Å². The normalized spacial score (nSPS) is 12.9. The van der Waals surface area contributed by atoms with E-state index in [9.17, 15) is 0 Å². The van der Waals surface area contributed by atoms with Crippen molar-refractivity contribution in [3.8, 4) is 11.5 Å². The van der Waals surface area contributed by atoms with Crippen molar-refractivity contribution >= 4 is 23.1 Å². The Morgan fingerprint density at radius 1 is 1.62 bits per heavy atom. The molecule has 0 spiro atoms. The molecule has 1 atom stereocenters. The molecule has 86 valence electrons. The minimum atomic E-state index is 0.167. The van der Waals surface area contributed by atoms with Gasteiger partial charge in [0.25, 0.3) is 5.89 Å². The van der Waals surface area contributed by atoms with E-state index in [1.807, 2.05) is 23.8 Å². The Kier molecular flexibility index (Phi) is 3.98. The van der Waals surface area contributed by atoms with Crippen LogP contribution in [-0.2, 0) is 5.75 Å². The van der Waals surface area contributed by atoms with Crippen LogP contribution < -0.4 is 0 Å². The molecule has 0 amide bonds. The van der Waals surface area contributed by atoms with Crippen LogP contribution in [0.25, 0.3) is 11.5 Å². The first-order chi connectivity index (χ1) is 7.79. The Morgan fingerprint density at radius 3 is 3.19 bits per heavy atom. The Hall–Kier alpha value is -0.850. The van der Waals surface area contributed by atoms with Crippen molar-refractivity contribution in [2.75, 3.05) is 6.61 Å². The summed E-state index contributed by atoms with van der Waals surface area (Å²) in [6.07, 6.45) is 0. The first-order valence-corrected chi connectivity index (χ1v) is 6.86. The van der Waals surface area contributed by atoms with Crippen molar-refractivity contribution in [1.82, 2.24) is 10.1 Å². The van der Waals surface area contributed by atoms with Crippen LogP contribution in [0.2, 0.25) is 0 Å². The fourth-order valence-electron chi connectivity index (χ4n) is 1.09. The van der Waals surface area contributed by atoms with Crippen molar-refractivity contribution in [2.24, 2.45) is 0 Å². The van der Waals surface area contributed by atoms with Gasteiger partial charge in [-0.15, -0.1) is 11.8 Å². The standard InChI is InChI=1S/C10H12N2O2S2/c1-7(4-13)16-6-9-11-10(14-12-9)8-2-3-15-5-8/h2-3,5,7,13H,4,6H2,1H3. The van der Waals surface area contributed by atoms with Gasteiger partial charge in [-0.3, -0.25) is 0 Å². The lowest BCUT2D eigenvalue weighted by molar-refractivity contribution is 0.300. The van der Waals surface area contributed by atoms with Gasteiger partial charge in [-0.1, -0.05) is 12.1 Å². The Labute approximate surface area is 102 Å². The van der Waals surface area contributed by atoms with Gasteiger partial charge < -0.3 is 9.63 Å². The van der Waals surface area contributed by atoms with Crippen molar-refractivity contribution < 1.29 is 9.63 Å². The second-order valence-electron chi connectivity index (χ2n) is 3.33. The monoisotopic (exact) mass is 256 g/mol. The molecule has 2 aromatic rings. The van der Waals surface area contributed by atoms with E-state index in [2.05, 4.69) is 10.1 Å². The number of nitrogens with zero attached hydrogens (tertiary/aromatic N) is 2. The highest BCUT2D eigenvalue weighted by Crippen LogP contribution is 2.22. The fourth-order valence-corrected chi connectivity index (χ4v) is 2.37. The van der Waals surface area contributed by atoms with E-state index in [1.165, 1.54) is 0 Å². The van der Waals surface area contributed by atoms with Gasteiger partial charge in [-0.25, -0.2) is 0 Å². The van der Waals surface area contributed by atoms with Gasteiger partial charge in [0.1, 0.15) is 0 Å². The Bertz CT molecular complexity index is 428. The highest BCUT2D eigenvalue weighted by Gasteiger charge is 2.10. The van der Waals surface area contributed by atoms with E-state index >= 15 is 0 Å². The topological polar surface area (TPSA) is 59.2 Å². The largest absolute Gasteiger partial charge is 0.395 e. The molecule has 16 heavy (non-hydrogen) atoms. The van der Waals surface area contributed by atoms with Crippen LogP contribution in [0.4, 0.5) is 0 Å². The van der Waals surface area contributed by atoms with Crippen molar-refractivity contribution in [3.63, 3.8) is 0 Å². The Balaban J connectivity index is 1.98. The predicted molar refractivity (Wildman–Crippen MR) is 65.5 cm³/mol. The number of hydrogen-bond donors (Lipinski definition) is 1. The molecule has 1 N–H and O–H groups in total. The molecule has 2 aromatic heterocycles. The number of aliphatic hydroxyl groups is 1. The summed E-state index contributed by atoms with van der Waals surface area (Å²) in [4.78, 5) is 4.29. The molecule has 0 aliphatic heterocycles. The lowest BCUT2D eigenvalue weighted by atomic mass is 10.3. The minimum Gasteiger partial charge on any atom is -0.395 e. The molecule has 2 heterocycles. The van der Waals surface area contributed by atoms with Crippen molar-refractivity contribution in [3.05, 3.63) is 22.7 Å². The molecule has 0 aliphatic carbocycles. The third-order valence-electron chi connectivity index (χ3n) is 1.99. The van der Waals surface area contributed by atoms with Crippen molar-refractivity contribution in [1.29, 1.82) is 0 Å². The number of rotatable bonds is 5. The highest BCUT2D eigenvalue weighted by molar-refractivity contribution is 7.99. The summed E-state index contributed by atoms with van der Waals surface area (Å²) >= 11 is 3.21. The SMILES string of the molecule is CC(CO)SCc1noc(-c2ccsc2)n1. The molecular formula is C10H12N2O2S2. The molecule has 4 nitrogen and oxygen atoms in total. The van der Waals surface area contributed by atoms with E-state index in [1.54, 1.807) is 23.1 Å². The summed E-state index contributed by atoms with van der Waals surface area (Å²) in [5.74, 6) is 1.90. The van der Waals surface area contributed by atoms with Crippen LogP contribution in [-0.4, -0.2) is 27.1 Å². The van der Waals surface area contributed by atoms with Gasteiger partial charge in [0.15, 0.2) is 5.82 Å². The fraction of sp³-hybridized carbons (Fsp3) is 0.400. The lowest BCUT2D eigenvalue weighted by Crippen LogP contribution is -2.02. The quantitative estimate of drug-likeness (QED) is 0.890. The summed E-state index contributed by atoms with van der Waals surface area (Å²) in [6, 6.07) is 1.95. The molecule has 0 bridgehead atoms. The number of aromatic nitrogens is 2. The van der Waals surface area contributed by atoms with Crippen LogP contribution in [0.3, 0.4) is 0 Å². The van der Waals surface area contributed by atoms with Gasteiger partial charge in [0.2, 0.25) is 0 Å². The summed E-state index contributed by atoms with van der Waals surface area (Å²) in [7, 11) is 0. The predicted octanol–water partition coefficient (Wildman–Crippen LogP) is 2.41. The molecule has 0 saturated heterocycles. The number of thioether (sulfide) groups is 1. The van der Waals surface area contributed by atoms with Crippen LogP contribution in [0.15, 0.2) is 21.3 Å². The molecule has 0 aliphatic rings. The molecule has 1 unspecified atom stereocenters. The molecule has 0 aromatic carbocycles. The third-order valence-corrected chi connectivity index (χ3v) is 3.82. The lowest BCUT2D eigenvalue weighted by Gasteiger charge is -2.03. The van der Waals surface area contributed by atoms with E-state index in [-0.39, 0.29) is 11.9 Å². The minimum absolute atomic E-state index is 0.167. The molecule has 2 rings (SSSR count). The highest BCUT2D eigenvalue weighted by atomic mass is 32.2. The first kappa shape index (κ1) is 11.6. The van der Waals surface area contributed by atoms with Gasteiger partial charge >= 0.3 is 0 Å². The number of thiophene rings is 1. The maximum Gasteiger partial charge on any atom is 0.258 e. The van der Waals surface area contributed by atoms with E-state index in [0.717, 1.165) is 5.56 Å². The average molecular weight is 256 g/mol. The first-order valence-electron chi connectivity index (χ1n) is 4.87. The summed E-state index contributed by atoms with van der Waals surface area (Å²) < 4.78 is 5.14. The summed E-state index contributed by atoms with van der Waals surface area (Å²) in [5, 5.41) is 16.9. The molecule has 0 saturated carbocycles. The zero-order valence-electron chi connectivity index (χ0n) is 8.79. The van der Waals surface area contributed by atoms with E-state index in [0.29, 0.717) is 17.5 Å². The third kappa shape index (κ3) is 2.84. The second-order valence-corrected chi connectivity index (χ2v) is 5.54. The summed E-state index contributed by atoms with van der Waals surface area (Å²) in [5.41, 5.74) is 0.962. The van der Waals surface area contributed by atoms with Gasteiger partial charge in [0, 0.05) is 10.6 Å². The van der Waals surface area contributed by atoms with Crippen LogP contribution >= 0.6 is 23.1 Å². The van der Waals surface area contributed by atoms with Crippen LogP contribution in [0.1, 0.15) is 12.7 Å². The molecule has 6 heteroatoms. The number of hydrogen-bond acceptors (Lipinski definition) is 6. The van der Waals surface area contributed by atoms with E-state index < -0.39 is 0 Å². The smallest absolute Gasteiger partial charge is 0.258 e. The molecule has 0 fully saturated rings. The Morgan fingerprint density at radius 2 is 2.50 bits per heavy atom. The van der Waals surface area contributed by atoms with E-state index in [4.69, 9.17) is 9.63 Å². The second kappa shape index (κ2) is 5.47. The zero-order valence-corrected chi connectivity index (χ0v) is 10.4. The average Bonchev–Trinajstić information content (AvgIpc) is 2.95. The maximum absolute atomic E-state index is 8.88. The number of aliphatic hydroxyl groups excluding tert-OH is 1. The van der Waals surface area contributed by atoms with Gasteiger partial charge in [0.05, 0.1) is 17.9 Å². The zero-order chi connectivity index (χ0) is 11.4. The molecular weight excluding hydrogens is 244 g/mol. The molecule has 0 radical (unpaired) electrons. The van der Waals surface area contributed by atoms with Crippen LogP contribution in [0.5, 0.6) is 0 Å². The van der Waals surface area contributed by atoms with Gasteiger partial charge in [-0.2, -0.15) is 16.3 Å². The van der Waals surface area contributed by atoms with Gasteiger partial charge in [-0.05, 0) is 11.4 Å². The van der Waals surface area contributed by atoms with Crippen molar-refractivity contribution in [2.45, 2.75) is 17.9 Å².